The Morgan fingerprint density at radius 2 is 1.54 bits per heavy atom. The van der Waals surface area contributed by atoms with Gasteiger partial charge >= 0.3 is 0 Å². The molecule has 0 atom stereocenters. The molecule has 0 aromatic heterocycles. The van der Waals surface area contributed by atoms with Crippen LogP contribution in [0, 0.1) is 13.8 Å². The molecule has 46 heavy (non-hydrogen) atoms. The number of likely N-dealkylation sites (tertiary alicyclic amines) is 1. The highest BCUT2D eigenvalue weighted by Crippen LogP contribution is 2.41. The smallest absolute Gasteiger partial charge is 0.237 e. The Balaban J connectivity index is 1.31. The molecule has 0 radical (unpaired) electrons. The van der Waals surface area contributed by atoms with Crippen LogP contribution in [0.3, 0.4) is 0 Å². The summed E-state index contributed by atoms with van der Waals surface area (Å²) in [7, 11) is 3.85. The first kappa shape index (κ1) is 34.2. The second kappa shape index (κ2) is 15.2. The van der Waals surface area contributed by atoms with Crippen LogP contribution in [0.5, 0.6) is 0 Å². The minimum Gasteiger partial charge on any atom is -0.333 e. The minimum absolute atomic E-state index is 0.153. The summed E-state index contributed by atoms with van der Waals surface area (Å²) in [5.74, 6) is 0.344. The molecule has 244 valence electrons. The van der Waals surface area contributed by atoms with E-state index in [1.165, 1.54) is 45.6 Å². The van der Waals surface area contributed by atoms with E-state index < -0.39 is 0 Å². The van der Waals surface area contributed by atoms with Gasteiger partial charge in [-0.05, 0) is 107 Å². The van der Waals surface area contributed by atoms with Gasteiger partial charge in [0.15, 0.2) is 0 Å². The van der Waals surface area contributed by atoms with Crippen molar-refractivity contribution in [3.05, 3.63) is 87.5 Å². The first-order valence-corrected chi connectivity index (χ1v) is 18.1. The lowest BCUT2D eigenvalue weighted by molar-refractivity contribution is -0.131. The van der Waals surface area contributed by atoms with Gasteiger partial charge in [0.2, 0.25) is 11.8 Å². The number of likely N-dealkylation sites (N-methyl/N-ethyl adjacent to an activating group) is 1. The van der Waals surface area contributed by atoms with Crippen molar-refractivity contribution in [3.63, 3.8) is 0 Å². The third-order valence-electron chi connectivity index (χ3n) is 9.03. The molecule has 2 amide bonds. The van der Waals surface area contributed by atoms with E-state index in [1.807, 2.05) is 28.8 Å². The van der Waals surface area contributed by atoms with Gasteiger partial charge in [0.1, 0.15) is 5.04 Å². The Morgan fingerprint density at radius 3 is 2.20 bits per heavy atom. The average Bonchev–Trinajstić information content (AvgIpc) is 3.79. The number of rotatable bonds is 10. The monoisotopic (exact) mass is 657 g/mol. The van der Waals surface area contributed by atoms with Gasteiger partial charge in [-0.1, -0.05) is 54.7 Å². The molecule has 3 aliphatic rings. The van der Waals surface area contributed by atoms with Crippen molar-refractivity contribution < 1.29 is 9.59 Å². The fourth-order valence-electron chi connectivity index (χ4n) is 6.39. The number of thioether (sulfide) groups is 2. The molecule has 2 aromatic rings. The standard InChI is InChI=1S/C37H47N5O2S2/c1-25-20-42(35(43)23-39(5)6)22-34(25)46-28(4)30-12-10-13-31(26(30)2)32-14-11-15-33(27(32)3)37(45-7)38-29-16-19-41(21-29)36(44)24-40-17-8-9-18-40/h10-16H,4,8-9,17-24H2,1-3,5-7H3/b38-37-. The summed E-state index contributed by atoms with van der Waals surface area (Å²) in [5.41, 5.74) is 9.14. The van der Waals surface area contributed by atoms with Crippen LogP contribution in [0.1, 0.15) is 42.0 Å². The summed E-state index contributed by atoms with van der Waals surface area (Å²) in [6, 6.07) is 12.9. The van der Waals surface area contributed by atoms with Gasteiger partial charge in [-0.15, -0.1) is 11.8 Å². The number of carbonyl (C=O) groups is 2. The molecule has 0 spiro atoms. The Labute approximate surface area is 283 Å². The van der Waals surface area contributed by atoms with Gasteiger partial charge in [-0.3, -0.25) is 14.5 Å². The van der Waals surface area contributed by atoms with Crippen LogP contribution in [-0.2, 0) is 9.59 Å². The first-order valence-electron chi connectivity index (χ1n) is 16.1. The maximum Gasteiger partial charge on any atom is 0.237 e. The molecule has 0 bridgehead atoms. The van der Waals surface area contributed by atoms with Gasteiger partial charge in [0, 0.05) is 28.5 Å². The Morgan fingerprint density at radius 1 is 0.891 bits per heavy atom. The molecular formula is C37H47N5O2S2. The van der Waals surface area contributed by atoms with Crippen molar-refractivity contribution in [2.24, 2.45) is 4.99 Å². The lowest BCUT2D eigenvalue weighted by Gasteiger charge is -2.20. The van der Waals surface area contributed by atoms with Crippen molar-refractivity contribution in [1.82, 2.24) is 19.6 Å². The quantitative estimate of drug-likeness (QED) is 0.221. The van der Waals surface area contributed by atoms with Gasteiger partial charge in [0.25, 0.3) is 0 Å². The van der Waals surface area contributed by atoms with Crippen molar-refractivity contribution in [2.45, 2.75) is 33.6 Å². The predicted octanol–water partition coefficient (Wildman–Crippen LogP) is 6.28. The molecule has 3 heterocycles. The number of benzene rings is 2. The van der Waals surface area contributed by atoms with Crippen LogP contribution in [-0.4, -0.2) is 109 Å². The molecule has 0 N–H and O–H groups in total. The van der Waals surface area contributed by atoms with Crippen LogP contribution in [0.25, 0.3) is 16.0 Å². The lowest BCUT2D eigenvalue weighted by atomic mass is 9.91. The van der Waals surface area contributed by atoms with Gasteiger partial charge in [0.05, 0.1) is 31.9 Å². The number of hydrogen-bond acceptors (Lipinski definition) is 7. The van der Waals surface area contributed by atoms with Crippen LogP contribution in [0.4, 0.5) is 0 Å². The van der Waals surface area contributed by atoms with Crippen LogP contribution in [0.2, 0.25) is 0 Å². The van der Waals surface area contributed by atoms with Crippen LogP contribution < -0.4 is 0 Å². The van der Waals surface area contributed by atoms with E-state index in [0.29, 0.717) is 39.3 Å². The fraction of sp³-hybridized carbons (Fsp3) is 0.432. The van der Waals surface area contributed by atoms with Gasteiger partial charge < -0.3 is 14.7 Å². The SMILES string of the molecule is C=C(SC1=C(C)CN(C(=O)CN(C)C)C1)c1cccc(-c2cccc(/C(=N/C3=CCN(C(=O)CN4CCCC4)C3)SC)c2C)c1C. The summed E-state index contributed by atoms with van der Waals surface area (Å²) in [6.07, 6.45) is 6.53. The zero-order valence-electron chi connectivity index (χ0n) is 28.2. The van der Waals surface area contributed by atoms with E-state index in [2.05, 4.69) is 81.0 Å². The molecule has 0 aliphatic carbocycles. The van der Waals surface area contributed by atoms with E-state index in [-0.39, 0.29) is 11.8 Å². The van der Waals surface area contributed by atoms with Gasteiger partial charge in [-0.2, -0.15) is 0 Å². The predicted molar refractivity (Wildman–Crippen MR) is 196 cm³/mol. The average molecular weight is 658 g/mol. The number of nitrogens with zero attached hydrogens (tertiary/aromatic N) is 5. The lowest BCUT2D eigenvalue weighted by Crippen LogP contribution is -2.38. The maximum atomic E-state index is 12.9. The highest BCUT2D eigenvalue weighted by Gasteiger charge is 2.26. The summed E-state index contributed by atoms with van der Waals surface area (Å²) in [6.45, 7) is 16.4. The van der Waals surface area contributed by atoms with Gasteiger partial charge in [-0.25, -0.2) is 4.99 Å². The largest absolute Gasteiger partial charge is 0.333 e. The molecule has 3 aliphatic heterocycles. The molecule has 5 rings (SSSR count). The number of hydrogen-bond donors (Lipinski definition) is 0. The van der Waals surface area contributed by atoms with Crippen molar-refractivity contribution >= 4 is 45.3 Å². The highest BCUT2D eigenvalue weighted by molar-refractivity contribution is 8.13. The number of carbonyl (C=O) groups excluding carboxylic acids is 2. The van der Waals surface area contributed by atoms with E-state index in [1.54, 1.807) is 23.5 Å². The topological polar surface area (TPSA) is 59.5 Å². The van der Waals surface area contributed by atoms with Crippen LogP contribution >= 0.6 is 23.5 Å². The molecular weight excluding hydrogens is 611 g/mol. The molecule has 7 nitrogen and oxygen atoms in total. The molecule has 9 heteroatoms. The zero-order valence-corrected chi connectivity index (χ0v) is 29.8. The fourth-order valence-corrected chi connectivity index (χ4v) is 8.12. The third-order valence-corrected chi connectivity index (χ3v) is 10.9. The summed E-state index contributed by atoms with van der Waals surface area (Å²) >= 11 is 3.33. The number of amides is 2. The minimum atomic E-state index is 0.153. The Bertz CT molecular complexity index is 1600. The van der Waals surface area contributed by atoms with Crippen LogP contribution in [0.15, 0.2) is 70.2 Å². The first-order chi connectivity index (χ1) is 22.0. The molecule has 0 saturated carbocycles. The highest BCUT2D eigenvalue weighted by atomic mass is 32.2. The normalized spacial score (nSPS) is 17.5. The maximum absolute atomic E-state index is 12.9. The summed E-state index contributed by atoms with van der Waals surface area (Å²) < 4.78 is 0. The van der Waals surface area contributed by atoms with E-state index in [0.717, 1.165) is 39.9 Å². The summed E-state index contributed by atoms with van der Waals surface area (Å²) in [5, 5.41) is 0.963. The van der Waals surface area contributed by atoms with Crippen molar-refractivity contribution in [2.75, 3.05) is 72.7 Å². The van der Waals surface area contributed by atoms with E-state index in [4.69, 9.17) is 4.99 Å². The second-order valence-electron chi connectivity index (χ2n) is 12.7. The zero-order chi connectivity index (χ0) is 33.0. The Kier molecular flexibility index (Phi) is 11.3. The molecule has 0 unspecified atom stereocenters. The Hall–Kier alpha value is -3.11. The second-order valence-corrected chi connectivity index (χ2v) is 14.7. The number of aliphatic imine (C=N–C) groups is 1. The molecule has 1 fully saturated rings. The van der Waals surface area contributed by atoms with E-state index in [9.17, 15) is 9.59 Å². The van der Waals surface area contributed by atoms with E-state index >= 15 is 0 Å². The van der Waals surface area contributed by atoms with Crippen molar-refractivity contribution in [3.8, 4) is 11.1 Å². The third kappa shape index (κ3) is 7.88. The molecule has 2 aromatic carbocycles. The molecule has 1 saturated heterocycles. The summed E-state index contributed by atoms with van der Waals surface area (Å²) in [4.78, 5) is 40.9. The van der Waals surface area contributed by atoms with Crippen molar-refractivity contribution in [1.29, 1.82) is 0 Å².